The van der Waals surface area contributed by atoms with Crippen molar-refractivity contribution in [3.05, 3.63) is 35.8 Å². The van der Waals surface area contributed by atoms with Crippen molar-refractivity contribution in [2.45, 2.75) is 26.8 Å². The third-order valence-corrected chi connectivity index (χ3v) is 2.53. The second-order valence-electron chi connectivity index (χ2n) is 4.04. The van der Waals surface area contributed by atoms with Crippen LogP contribution in [0.15, 0.2) is 24.4 Å². The summed E-state index contributed by atoms with van der Waals surface area (Å²) in [4.78, 5) is 0. The standard InChI is InChI=1S/C12H17N5/c1-10-9-11(2)17(16-10)8-4-6-13-12-5-3-7-14-15-12/h3,5,7,9H,4,6,8H2,1-2H3,(H,13,15). The Morgan fingerprint density at radius 2 is 2.24 bits per heavy atom. The second kappa shape index (κ2) is 5.43. The Kier molecular flexibility index (Phi) is 3.69. The van der Waals surface area contributed by atoms with E-state index in [0.717, 1.165) is 31.0 Å². The number of aryl methyl sites for hydroxylation is 3. The maximum absolute atomic E-state index is 4.42. The van der Waals surface area contributed by atoms with Crippen molar-refractivity contribution in [1.29, 1.82) is 0 Å². The average Bonchev–Trinajstić information content (AvgIpc) is 2.65. The van der Waals surface area contributed by atoms with Gasteiger partial charge < -0.3 is 5.32 Å². The summed E-state index contributed by atoms with van der Waals surface area (Å²) in [6.07, 6.45) is 2.68. The highest BCUT2D eigenvalue weighted by Gasteiger charge is 2.00. The summed E-state index contributed by atoms with van der Waals surface area (Å²) in [6.45, 7) is 5.89. The van der Waals surface area contributed by atoms with E-state index in [4.69, 9.17) is 0 Å². The number of nitrogens with zero attached hydrogens (tertiary/aromatic N) is 4. The Bertz CT molecular complexity index is 463. The van der Waals surface area contributed by atoms with Crippen LogP contribution in [0, 0.1) is 13.8 Å². The molecule has 5 nitrogen and oxygen atoms in total. The molecule has 0 bridgehead atoms. The van der Waals surface area contributed by atoms with Gasteiger partial charge >= 0.3 is 0 Å². The summed E-state index contributed by atoms with van der Waals surface area (Å²) < 4.78 is 2.04. The fourth-order valence-corrected chi connectivity index (χ4v) is 1.74. The molecule has 0 atom stereocenters. The van der Waals surface area contributed by atoms with Gasteiger partial charge in [-0.15, -0.1) is 5.10 Å². The topological polar surface area (TPSA) is 55.6 Å². The van der Waals surface area contributed by atoms with Crippen molar-refractivity contribution >= 4 is 5.82 Å². The van der Waals surface area contributed by atoms with Crippen molar-refractivity contribution in [2.24, 2.45) is 0 Å². The normalized spacial score (nSPS) is 10.5. The highest BCUT2D eigenvalue weighted by Crippen LogP contribution is 2.03. The maximum Gasteiger partial charge on any atom is 0.148 e. The molecule has 0 aromatic carbocycles. The van der Waals surface area contributed by atoms with E-state index < -0.39 is 0 Å². The molecule has 0 fully saturated rings. The molecule has 5 heteroatoms. The van der Waals surface area contributed by atoms with Gasteiger partial charge in [0.2, 0.25) is 0 Å². The Labute approximate surface area is 101 Å². The smallest absolute Gasteiger partial charge is 0.148 e. The predicted octanol–water partition coefficient (Wildman–Crippen LogP) is 1.79. The number of anilines is 1. The molecule has 0 unspecified atom stereocenters. The van der Waals surface area contributed by atoms with E-state index in [1.807, 2.05) is 23.7 Å². The van der Waals surface area contributed by atoms with E-state index in [9.17, 15) is 0 Å². The van der Waals surface area contributed by atoms with Crippen LogP contribution in [0.5, 0.6) is 0 Å². The van der Waals surface area contributed by atoms with Crippen LogP contribution in [0.4, 0.5) is 5.82 Å². The average molecular weight is 231 g/mol. The van der Waals surface area contributed by atoms with Gasteiger partial charge in [0.1, 0.15) is 5.82 Å². The molecule has 0 amide bonds. The lowest BCUT2D eigenvalue weighted by Crippen LogP contribution is -2.09. The molecule has 0 saturated heterocycles. The molecule has 0 aliphatic heterocycles. The van der Waals surface area contributed by atoms with Gasteiger partial charge in [-0.1, -0.05) is 0 Å². The molecule has 0 saturated carbocycles. The van der Waals surface area contributed by atoms with Gasteiger partial charge in [0.25, 0.3) is 0 Å². The third kappa shape index (κ3) is 3.27. The van der Waals surface area contributed by atoms with Crippen molar-refractivity contribution in [3.63, 3.8) is 0 Å². The number of hydrogen-bond donors (Lipinski definition) is 1. The number of nitrogens with one attached hydrogen (secondary N) is 1. The molecule has 2 aromatic heterocycles. The molecule has 0 aliphatic carbocycles. The van der Waals surface area contributed by atoms with Gasteiger partial charge in [0, 0.05) is 25.0 Å². The van der Waals surface area contributed by atoms with Crippen LogP contribution in [-0.2, 0) is 6.54 Å². The van der Waals surface area contributed by atoms with Gasteiger partial charge in [-0.05, 0) is 38.5 Å². The molecule has 0 radical (unpaired) electrons. The van der Waals surface area contributed by atoms with Crippen LogP contribution in [0.1, 0.15) is 17.8 Å². The fourth-order valence-electron chi connectivity index (χ4n) is 1.74. The van der Waals surface area contributed by atoms with Gasteiger partial charge in [-0.3, -0.25) is 4.68 Å². The quantitative estimate of drug-likeness (QED) is 0.797. The molecule has 0 aliphatic rings. The molecule has 2 rings (SSSR count). The zero-order valence-electron chi connectivity index (χ0n) is 10.2. The van der Waals surface area contributed by atoms with Crippen LogP contribution in [0.25, 0.3) is 0 Å². The highest BCUT2D eigenvalue weighted by molar-refractivity contribution is 5.30. The van der Waals surface area contributed by atoms with E-state index in [-0.39, 0.29) is 0 Å². The largest absolute Gasteiger partial charge is 0.369 e. The van der Waals surface area contributed by atoms with Crippen LogP contribution in [0.2, 0.25) is 0 Å². The minimum absolute atomic E-state index is 0.820. The molecule has 2 aromatic rings. The van der Waals surface area contributed by atoms with Crippen molar-refractivity contribution < 1.29 is 0 Å². The van der Waals surface area contributed by atoms with Gasteiger partial charge in [0.05, 0.1) is 5.69 Å². The summed E-state index contributed by atoms with van der Waals surface area (Å²) in [6, 6.07) is 5.88. The second-order valence-corrected chi connectivity index (χ2v) is 4.04. The summed E-state index contributed by atoms with van der Waals surface area (Å²) >= 11 is 0. The first-order valence-electron chi connectivity index (χ1n) is 5.78. The third-order valence-electron chi connectivity index (χ3n) is 2.53. The van der Waals surface area contributed by atoms with E-state index in [2.05, 4.69) is 33.6 Å². The first-order chi connectivity index (χ1) is 8.25. The maximum atomic E-state index is 4.42. The van der Waals surface area contributed by atoms with Gasteiger partial charge in [0.15, 0.2) is 0 Å². The van der Waals surface area contributed by atoms with Crippen LogP contribution in [0.3, 0.4) is 0 Å². The fraction of sp³-hybridized carbons (Fsp3) is 0.417. The summed E-state index contributed by atoms with van der Waals surface area (Å²) in [7, 11) is 0. The zero-order valence-corrected chi connectivity index (χ0v) is 10.2. The summed E-state index contributed by atoms with van der Waals surface area (Å²) in [5, 5.41) is 15.4. The SMILES string of the molecule is Cc1cc(C)n(CCCNc2cccnn2)n1. The minimum Gasteiger partial charge on any atom is -0.369 e. The van der Waals surface area contributed by atoms with Crippen LogP contribution in [-0.4, -0.2) is 26.5 Å². The van der Waals surface area contributed by atoms with Crippen LogP contribution < -0.4 is 5.32 Å². The lowest BCUT2D eigenvalue weighted by atomic mass is 10.4. The molecule has 90 valence electrons. The van der Waals surface area contributed by atoms with Crippen molar-refractivity contribution in [3.8, 4) is 0 Å². The highest BCUT2D eigenvalue weighted by atomic mass is 15.3. The Morgan fingerprint density at radius 1 is 1.35 bits per heavy atom. The molecule has 2 heterocycles. The lowest BCUT2D eigenvalue weighted by molar-refractivity contribution is 0.573. The molecular weight excluding hydrogens is 214 g/mol. The molecule has 0 spiro atoms. The summed E-state index contributed by atoms with van der Waals surface area (Å²) in [5.41, 5.74) is 2.28. The molecule has 1 N–H and O–H groups in total. The monoisotopic (exact) mass is 231 g/mol. The molecular formula is C12H17N5. The van der Waals surface area contributed by atoms with Crippen molar-refractivity contribution in [2.75, 3.05) is 11.9 Å². The number of aromatic nitrogens is 4. The van der Waals surface area contributed by atoms with Gasteiger partial charge in [-0.25, -0.2) is 0 Å². The van der Waals surface area contributed by atoms with E-state index in [1.165, 1.54) is 5.69 Å². The van der Waals surface area contributed by atoms with Crippen molar-refractivity contribution in [1.82, 2.24) is 20.0 Å². The zero-order chi connectivity index (χ0) is 12.1. The first kappa shape index (κ1) is 11.6. The summed E-state index contributed by atoms with van der Waals surface area (Å²) in [5.74, 6) is 0.820. The van der Waals surface area contributed by atoms with E-state index >= 15 is 0 Å². The van der Waals surface area contributed by atoms with E-state index in [1.54, 1.807) is 6.20 Å². The first-order valence-corrected chi connectivity index (χ1v) is 5.78. The Balaban J connectivity index is 1.75. The predicted molar refractivity (Wildman–Crippen MR) is 66.8 cm³/mol. The Hall–Kier alpha value is -1.91. The number of rotatable bonds is 5. The minimum atomic E-state index is 0.820. The number of hydrogen-bond acceptors (Lipinski definition) is 4. The van der Waals surface area contributed by atoms with Gasteiger partial charge in [-0.2, -0.15) is 10.2 Å². The van der Waals surface area contributed by atoms with Crippen LogP contribution >= 0.6 is 0 Å². The molecule has 17 heavy (non-hydrogen) atoms. The Morgan fingerprint density at radius 3 is 2.88 bits per heavy atom. The lowest BCUT2D eigenvalue weighted by Gasteiger charge is -2.06. The van der Waals surface area contributed by atoms with E-state index in [0.29, 0.717) is 0 Å².